The average Bonchev–Trinajstić information content (AvgIpc) is 2.55. The van der Waals surface area contributed by atoms with E-state index in [9.17, 15) is 18.4 Å². The molecule has 0 unspecified atom stereocenters. The lowest BCUT2D eigenvalue weighted by molar-refractivity contribution is -0.120. The van der Waals surface area contributed by atoms with E-state index < -0.39 is 23.6 Å². The van der Waals surface area contributed by atoms with E-state index in [1.54, 1.807) is 19.1 Å². The van der Waals surface area contributed by atoms with Crippen molar-refractivity contribution in [3.63, 3.8) is 0 Å². The average molecular weight is 346 g/mol. The quantitative estimate of drug-likeness (QED) is 0.874. The molecule has 2 amide bonds. The highest BCUT2D eigenvalue weighted by molar-refractivity contribution is 5.96. The van der Waals surface area contributed by atoms with Gasteiger partial charge in [-0.2, -0.15) is 0 Å². The maximum Gasteiger partial charge on any atom is 0.251 e. The number of carbonyl (C=O) groups is 2. The molecule has 0 heterocycles. The van der Waals surface area contributed by atoms with Crippen LogP contribution >= 0.6 is 0 Å². The van der Waals surface area contributed by atoms with Crippen molar-refractivity contribution in [2.75, 3.05) is 6.54 Å². The molecule has 25 heavy (non-hydrogen) atoms. The molecule has 2 N–H and O–H groups in total. The fourth-order valence-corrected chi connectivity index (χ4v) is 2.37. The van der Waals surface area contributed by atoms with Crippen LogP contribution in [-0.2, 0) is 4.79 Å². The van der Waals surface area contributed by atoms with Crippen molar-refractivity contribution < 1.29 is 18.4 Å². The van der Waals surface area contributed by atoms with Crippen LogP contribution in [0.3, 0.4) is 0 Å². The summed E-state index contributed by atoms with van der Waals surface area (Å²) in [6.45, 7) is 5.19. The summed E-state index contributed by atoms with van der Waals surface area (Å²) in [4.78, 5) is 24.0. The molecule has 132 valence electrons. The third-order valence-corrected chi connectivity index (χ3v) is 3.99. The number of hydrogen-bond donors (Lipinski definition) is 2. The molecule has 6 heteroatoms. The zero-order chi connectivity index (χ0) is 18.6. The maximum atomic E-state index is 13.7. The molecular weight excluding hydrogens is 326 g/mol. The molecule has 2 aromatic rings. The summed E-state index contributed by atoms with van der Waals surface area (Å²) >= 11 is 0. The number of hydrogen-bond acceptors (Lipinski definition) is 2. The van der Waals surface area contributed by atoms with Crippen molar-refractivity contribution in [3.8, 4) is 0 Å². The van der Waals surface area contributed by atoms with Gasteiger partial charge in [0.05, 0.1) is 12.6 Å². The third kappa shape index (κ3) is 4.86. The lowest BCUT2D eigenvalue weighted by Gasteiger charge is -2.15. The summed E-state index contributed by atoms with van der Waals surface area (Å²) in [5, 5.41) is 5.09. The number of amides is 2. The van der Waals surface area contributed by atoms with Crippen LogP contribution in [0, 0.1) is 25.5 Å². The minimum absolute atomic E-state index is 0.176. The molecule has 0 aliphatic carbocycles. The molecule has 0 saturated carbocycles. The summed E-state index contributed by atoms with van der Waals surface area (Å²) in [7, 11) is 0. The molecule has 0 aliphatic heterocycles. The summed E-state index contributed by atoms with van der Waals surface area (Å²) in [6.07, 6.45) is 0. The van der Waals surface area contributed by atoms with Gasteiger partial charge in [0.1, 0.15) is 11.6 Å². The standard InChI is InChI=1S/C19H20F2N2O2/c1-11-4-5-14(8-12(11)2)19(25)22-10-18(24)23-13(3)16-7-6-15(20)9-17(16)21/h4-9,13H,10H2,1-3H3,(H,22,25)(H,23,24)/t13-/m1/s1. The Kier molecular flexibility index (Phi) is 5.85. The Hall–Kier alpha value is -2.76. The molecule has 2 aromatic carbocycles. The number of benzene rings is 2. The molecule has 2 rings (SSSR count). The van der Waals surface area contributed by atoms with Crippen molar-refractivity contribution in [2.24, 2.45) is 0 Å². The largest absolute Gasteiger partial charge is 0.348 e. The van der Waals surface area contributed by atoms with Crippen LogP contribution in [0.25, 0.3) is 0 Å². The van der Waals surface area contributed by atoms with Crippen LogP contribution in [0.1, 0.15) is 40.0 Å². The Morgan fingerprint density at radius 2 is 1.76 bits per heavy atom. The first kappa shape index (κ1) is 18.6. The van der Waals surface area contributed by atoms with Crippen LogP contribution in [0.5, 0.6) is 0 Å². The van der Waals surface area contributed by atoms with Crippen molar-refractivity contribution in [1.29, 1.82) is 0 Å². The van der Waals surface area contributed by atoms with Crippen molar-refractivity contribution in [2.45, 2.75) is 26.8 Å². The fourth-order valence-electron chi connectivity index (χ4n) is 2.37. The summed E-state index contributed by atoms with van der Waals surface area (Å²) in [6, 6.07) is 7.80. The van der Waals surface area contributed by atoms with Crippen molar-refractivity contribution in [3.05, 3.63) is 70.3 Å². The lowest BCUT2D eigenvalue weighted by Crippen LogP contribution is -2.38. The minimum Gasteiger partial charge on any atom is -0.348 e. The first-order valence-corrected chi connectivity index (χ1v) is 7.87. The fraction of sp³-hybridized carbons (Fsp3) is 0.263. The van der Waals surface area contributed by atoms with E-state index in [4.69, 9.17) is 0 Å². The van der Waals surface area contributed by atoms with E-state index in [2.05, 4.69) is 10.6 Å². The van der Waals surface area contributed by atoms with Gasteiger partial charge in [-0.15, -0.1) is 0 Å². The molecular formula is C19H20F2N2O2. The molecule has 0 aliphatic rings. The first-order chi connectivity index (χ1) is 11.8. The summed E-state index contributed by atoms with van der Waals surface area (Å²) < 4.78 is 26.6. The summed E-state index contributed by atoms with van der Waals surface area (Å²) in [5.41, 5.74) is 2.70. The minimum atomic E-state index is -0.730. The Bertz CT molecular complexity index is 806. The van der Waals surface area contributed by atoms with Crippen LogP contribution in [0.15, 0.2) is 36.4 Å². The van der Waals surface area contributed by atoms with Crippen LogP contribution in [-0.4, -0.2) is 18.4 Å². The Balaban J connectivity index is 1.91. The maximum absolute atomic E-state index is 13.7. The number of rotatable bonds is 5. The van der Waals surface area contributed by atoms with Gasteiger partial charge in [-0.3, -0.25) is 9.59 Å². The highest BCUT2D eigenvalue weighted by Gasteiger charge is 2.15. The van der Waals surface area contributed by atoms with Gasteiger partial charge in [-0.25, -0.2) is 8.78 Å². The zero-order valence-corrected chi connectivity index (χ0v) is 14.3. The van der Waals surface area contributed by atoms with E-state index >= 15 is 0 Å². The van der Waals surface area contributed by atoms with Gasteiger partial charge in [-0.05, 0) is 50.1 Å². The van der Waals surface area contributed by atoms with Gasteiger partial charge in [0, 0.05) is 17.2 Å². The predicted octanol–water partition coefficient (Wildman–Crippen LogP) is 3.19. The van der Waals surface area contributed by atoms with Crippen molar-refractivity contribution in [1.82, 2.24) is 10.6 Å². The highest BCUT2D eigenvalue weighted by atomic mass is 19.1. The van der Waals surface area contributed by atoms with E-state index in [0.29, 0.717) is 5.56 Å². The highest BCUT2D eigenvalue weighted by Crippen LogP contribution is 2.17. The van der Waals surface area contributed by atoms with E-state index in [-0.39, 0.29) is 18.0 Å². The van der Waals surface area contributed by atoms with Crippen molar-refractivity contribution >= 4 is 11.8 Å². The second-order valence-electron chi connectivity index (χ2n) is 5.94. The van der Waals surface area contributed by atoms with Gasteiger partial charge in [0.15, 0.2) is 0 Å². The van der Waals surface area contributed by atoms with Crippen LogP contribution < -0.4 is 10.6 Å². The third-order valence-electron chi connectivity index (χ3n) is 3.99. The van der Waals surface area contributed by atoms with Crippen LogP contribution in [0.4, 0.5) is 8.78 Å². The van der Waals surface area contributed by atoms with Gasteiger partial charge in [0.25, 0.3) is 5.91 Å². The molecule has 0 saturated heterocycles. The van der Waals surface area contributed by atoms with Gasteiger partial charge in [-0.1, -0.05) is 12.1 Å². The van der Waals surface area contributed by atoms with Gasteiger partial charge in [0.2, 0.25) is 5.91 Å². The Morgan fingerprint density at radius 1 is 1.04 bits per heavy atom. The molecule has 0 aromatic heterocycles. The molecule has 1 atom stereocenters. The van der Waals surface area contributed by atoms with E-state index in [1.807, 2.05) is 19.9 Å². The smallest absolute Gasteiger partial charge is 0.251 e. The molecule has 0 bridgehead atoms. The lowest BCUT2D eigenvalue weighted by atomic mass is 10.1. The van der Waals surface area contributed by atoms with Gasteiger partial charge >= 0.3 is 0 Å². The summed E-state index contributed by atoms with van der Waals surface area (Å²) in [5.74, 6) is -2.24. The number of halogens is 2. The molecule has 0 fully saturated rings. The molecule has 0 radical (unpaired) electrons. The topological polar surface area (TPSA) is 58.2 Å². The predicted molar refractivity (Wildman–Crippen MR) is 91.2 cm³/mol. The zero-order valence-electron chi connectivity index (χ0n) is 14.3. The van der Waals surface area contributed by atoms with Gasteiger partial charge < -0.3 is 10.6 Å². The second kappa shape index (κ2) is 7.88. The number of carbonyl (C=O) groups excluding carboxylic acids is 2. The SMILES string of the molecule is Cc1ccc(C(=O)NCC(=O)N[C@H](C)c2ccc(F)cc2F)cc1C. The molecule has 0 spiro atoms. The Labute approximate surface area is 145 Å². The van der Waals surface area contributed by atoms with E-state index in [1.165, 1.54) is 6.07 Å². The number of nitrogens with one attached hydrogen (secondary N) is 2. The first-order valence-electron chi connectivity index (χ1n) is 7.87. The Morgan fingerprint density at radius 3 is 2.40 bits per heavy atom. The normalized spacial score (nSPS) is 11.7. The molecule has 4 nitrogen and oxygen atoms in total. The van der Waals surface area contributed by atoms with E-state index in [0.717, 1.165) is 23.3 Å². The van der Waals surface area contributed by atoms with Crippen LogP contribution in [0.2, 0.25) is 0 Å². The second-order valence-corrected chi connectivity index (χ2v) is 5.94. The number of aryl methyl sites for hydroxylation is 2. The monoisotopic (exact) mass is 346 g/mol.